The van der Waals surface area contributed by atoms with Crippen LogP contribution in [0.4, 0.5) is 11.4 Å². The molecule has 1 amide bonds. The molecule has 0 atom stereocenters. The van der Waals surface area contributed by atoms with Crippen molar-refractivity contribution in [1.29, 1.82) is 0 Å². The van der Waals surface area contributed by atoms with Gasteiger partial charge >= 0.3 is 0 Å². The van der Waals surface area contributed by atoms with Gasteiger partial charge in [-0.25, -0.2) is 0 Å². The number of amides is 1. The molecule has 1 aromatic heterocycles. The van der Waals surface area contributed by atoms with Gasteiger partial charge in [0.1, 0.15) is 0 Å². The fourth-order valence-corrected chi connectivity index (χ4v) is 2.02. The normalized spacial score (nSPS) is 10.6. The molecule has 1 heterocycles. The van der Waals surface area contributed by atoms with Crippen molar-refractivity contribution in [3.63, 3.8) is 0 Å². The molecule has 1 aromatic carbocycles. The van der Waals surface area contributed by atoms with Crippen LogP contribution in [0.5, 0.6) is 0 Å². The molecular weight excluding hydrogens is 264 g/mol. The summed E-state index contributed by atoms with van der Waals surface area (Å²) in [5, 5.41) is 2.94. The molecule has 0 fully saturated rings. The summed E-state index contributed by atoms with van der Waals surface area (Å²) in [7, 11) is 3.99. The third-order valence-electron chi connectivity index (χ3n) is 2.97. The van der Waals surface area contributed by atoms with E-state index in [2.05, 4.69) is 15.2 Å². The Kier molecular flexibility index (Phi) is 4.90. The first-order valence-electron chi connectivity index (χ1n) is 6.77. The van der Waals surface area contributed by atoms with E-state index in [1.165, 1.54) is 0 Å². The van der Waals surface area contributed by atoms with Gasteiger partial charge in [-0.15, -0.1) is 0 Å². The standard InChI is InChI=1S/C16H20N4O/c1-20(2)11-12-5-3-4-6-15(12)19-16(21)9-14-8-7-13(17)10-18-14/h3-8,10H,9,11,17H2,1-2H3,(H,19,21). The van der Waals surface area contributed by atoms with Gasteiger partial charge < -0.3 is 16.0 Å². The molecule has 0 aliphatic heterocycles. The maximum absolute atomic E-state index is 12.1. The summed E-state index contributed by atoms with van der Waals surface area (Å²) in [5.41, 5.74) is 8.80. The minimum absolute atomic E-state index is 0.0847. The molecule has 0 unspecified atom stereocenters. The van der Waals surface area contributed by atoms with Crippen molar-refractivity contribution >= 4 is 17.3 Å². The number of pyridine rings is 1. The van der Waals surface area contributed by atoms with Crippen molar-refractivity contribution < 1.29 is 4.79 Å². The lowest BCUT2D eigenvalue weighted by molar-refractivity contribution is -0.115. The van der Waals surface area contributed by atoms with E-state index in [1.54, 1.807) is 18.3 Å². The van der Waals surface area contributed by atoms with Crippen molar-refractivity contribution in [2.75, 3.05) is 25.1 Å². The van der Waals surface area contributed by atoms with Crippen LogP contribution in [0.3, 0.4) is 0 Å². The number of nitrogens with zero attached hydrogens (tertiary/aromatic N) is 2. The van der Waals surface area contributed by atoms with Gasteiger partial charge in [0, 0.05) is 17.9 Å². The highest BCUT2D eigenvalue weighted by Crippen LogP contribution is 2.16. The summed E-state index contributed by atoms with van der Waals surface area (Å²) in [5.74, 6) is -0.0847. The minimum Gasteiger partial charge on any atom is -0.397 e. The Labute approximate surface area is 124 Å². The Morgan fingerprint density at radius 3 is 2.67 bits per heavy atom. The van der Waals surface area contributed by atoms with E-state index in [4.69, 9.17) is 5.73 Å². The molecule has 0 spiro atoms. The van der Waals surface area contributed by atoms with Gasteiger partial charge in [-0.1, -0.05) is 18.2 Å². The zero-order valence-corrected chi connectivity index (χ0v) is 12.3. The number of carbonyl (C=O) groups excluding carboxylic acids is 1. The van der Waals surface area contributed by atoms with E-state index in [0.29, 0.717) is 11.4 Å². The van der Waals surface area contributed by atoms with Gasteiger partial charge in [0.15, 0.2) is 0 Å². The fraction of sp³-hybridized carbons (Fsp3) is 0.250. The summed E-state index contributed by atoms with van der Waals surface area (Å²) in [6.07, 6.45) is 1.79. The largest absolute Gasteiger partial charge is 0.397 e. The van der Waals surface area contributed by atoms with Crippen molar-refractivity contribution in [2.45, 2.75) is 13.0 Å². The number of hydrogen-bond acceptors (Lipinski definition) is 4. The highest BCUT2D eigenvalue weighted by molar-refractivity contribution is 5.92. The third kappa shape index (κ3) is 4.57. The molecule has 110 valence electrons. The van der Waals surface area contributed by atoms with Gasteiger partial charge in [0.25, 0.3) is 0 Å². The van der Waals surface area contributed by atoms with Gasteiger partial charge in [-0.2, -0.15) is 0 Å². The monoisotopic (exact) mass is 284 g/mol. The first kappa shape index (κ1) is 15.0. The predicted octanol–water partition coefficient (Wildman–Crippen LogP) is 1.91. The van der Waals surface area contributed by atoms with Crippen LogP contribution >= 0.6 is 0 Å². The number of nitrogens with one attached hydrogen (secondary N) is 1. The first-order valence-corrected chi connectivity index (χ1v) is 6.77. The van der Waals surface area contributed by atoms with Crippen LogP contribution in [0.15, 0.2) is 42.6 Å². The number of para-hydroxylation sites is 1. The summed E-state index contributed by atoms with van der Waals surface area (Å²) in [6.45, 7) is 0.774. The highest BCUT2D eigenvalue weighted by atomic mass is 16.1. The van der Waals surface area contributed by atoms with Crippen LogP contribution in [0, 0.1) is 0 Å². The van der Waals surface area contributed by atoms with Gasteiger partial charge in [-0.3, -0.25) is 9.78 Å². The number of carbonyl (C=O) groups is 1. The smallest absolute Gasteiger partial charge is 0.230 e. The molecule has 0 aliphatic rings. The van der Waals surface area contributed by atoms with Crippen molar-refractivity contribution in [3.8, 4) is 0 Å². The van der Waals surface area contributed by atoms with Crippen LogP contribution in [-0.2, 0) is 17.8 Å². The Morgan fingerprint density at radius 2 is 2.00 bits per heavy atom. The highest BCUT2D eigenvalue weighted by Gasteiger charge is 2.08. The second kappa shape index (κ2) is 6.85. The summed E-state index contributed by atoms with van der Waals surface area (Å²) in [4.78, 5) is 18.3. The summed E-state index contributed by atoms with van der Waals surface area (Å²) in [6, 6.07) is 11.3. The zero-order chi connectivity index (χ0) is 15.2. The van der Waals surface area contributed by atoms with Gasteiger partial charge in [-0.05, 0) is 37.9 Å². The quantitative estimate of drug-likeness (QED) is 0.880. The number of nitrogens with two attached hydrogens (primary N) is 1. The van der Waals surface area contributed by atoms with Crippen molar-refractivity contribution in [2.24, 2.45) is 0 Å². The van der Waals surface area contributed by atoms with E-state index >= 15 is 0 Å². The number of aromatic nitrogens is 1. The molecule has 0 saturated carbocycles. The first-order chi connectivity index (χ1) is 10.0. The van der Waals surface area contributed by atoms with Crippen LogP contribution in [0.2, 0.25) is 0 Å². The van der Waals surface area contributed by atoms with Crippen molar-refractivity contribution in [3.05, 3.63) is 53.9 Å². The summed E-state index contributed by atoms with van der Waals surface area (Å²) < 4.78 is 0. The van der Waals surface area contributed by atoms with Crippen LogP contribution in [0.1, 0.15) is 11.3 Å². The van der Waals surface area contributed by atoms with Crippen LogP contribution < -0.4 is 11.1 Å². The minimum atomic E-state index is -0.0847. The topological polar surface area (TPSA) is 71.2 Å². The van der Waals surface area contributed by atoms with E-state index in [1.807, 2.05) is 38.4 Å². The molecule has 21 heavy (non-hydrogen) atoms. The van der Waals surface area contributed by atoms with E-state index in [9.17, 15) is 4.79 Å². The average Bonchev–Trinajstić information content (AvgIpc) is 2.43. The van der Waals surface area contributed by atoms with Gasteiger partial charge in [0.05, 0.1) is 18.3 Å². The number of benzene rings is 1. The number of rotatable bonds is 5. The maximum Gasteiger partial charge on any atom is 0.230 e. The number of anilines is 2. The van der Waals surface area contributed by atoms with E-state index < -0.39 is 0 Å². The van der Waals surface area contributed by atoms with Crippen molar-refractivity contribution in [1.82, 2.24) is 9.88 Å². The Bertz CT molecular complexity index is 608. The van der Waals surface area contributed by atoms with Crippen LogP contribution in [-0.4, -0.2) is 29.9 Å². The van der Waals surface area contributed by atoms with E-state index in [0.717, 1.165) is 17.8 Å². The number of nitrogen functional groups attached to an aromatic ring is 1. The lowest BCUT2D eigenvalue weighted by Gasteiger charge is -2.14. The molecule has 5 heteroatoms. The molecule has 2 aromatic rings. The second-order valence-corrected chi connectivity index (χ2v) is 5.20. The zero-order valence-electron chi connectivity index (χ0n) is 12.3. The Balaban J connectivity index is 2.04. The maximum atomic E-state index is 12.1. The third-order valence-corrected chi connectivity index (χ3v) is 2.97. The lowest BCUT2D eigenvalue weighted by Crippen LogP contribution is -2.18. The fourth-order valence-electron chi connectivity index (χ4n) is 2.02. The predicted molar refractivity (Wildman–Crippen MR) is 84.8 cm³/mol. The Hall–Kier alpha value is -2.40. The van der Waals surface area contributed by atoms with Gasteiger partial charge in [0.2, 0.25) is 5.91 Å². The lowest BCUT2D eigenvalue weighted by atomic mass is 10.1. The number of hydrogen-bond donors (Lipinski definition) is 2. The molecule has 5 nitrogen and oxygen atoms in total. The molecular formula is C16H20N4O. The molecule has 3 N–H and O–H groups in total. The SMILES string of the molecule is CN(C)Cc1ccccc1NC(=O)Cc1ccc(N)cn1. The second-order valence-electron chi connectivity index (χ2n) is 5.20. The molecule has 0 radical (unpaired) electrons. The molecule has 2 rings (SSSR count). The molecule has 0 bridgehead atoms. The molecule has 0 aliphatic carbocycles. The van der Waals surface area contributed by atoms with Crippen LogP contribution in [0.25, 0.3) is 0 Å². The Morgan fingerprint density at radius 1 is 1.24 bits per heavy atom. The average molecular weight is 284 g/mol. The summed E-state index contributed by atoms with van der Waals surface area (Å²) >= 11 is 0. The van der Waals surface area contributed by atoms with E-state index in [-0.39, 0.29) is 12.3 Å². The molecule has 0 saturated heterocycles.